The van der Waals surface area contributed by atoms with E-state index in [0.29, 0.717) is 12.2 Å². The molecule has 0 aliphatic carbocycles. The third-order valence-electron chi connectivity index (χ3n) is 5.61. The molecular formula is C22H26N4O. The molecule has 1 saturated heterocycles. The summed E-state index contributed by atoms with van der Waals surface area (Å²) < 4.78 is 2.02. The van der Waals surface area contributed by atoms with E-state index in [0.717, 1.165) is 48.1 Å². The number of fused-ring (bicyclic) bond motifs is 1. The second-order valence-electron chi connectivity index (χ2n) is 7.82. The average Bonchev–Trinajstić information content (AvgIpc) is 3.02. The fraction of sp³-hybridized carbons (Fsp3) is 0.318. The number of carbonyl (C=O) groups excluding carboxylic acids is 1. The number of amides is 1. The lowest BCUT2D eigenvalue weighted by molar-refractivity contribution is 0.0992. The molecule has 5 nitrogen and oxygen atoms in total. The Labute approximate surface area is 159 Å². The van der Waals surface area contributed by atoms with Crippen LogP contribution >= 0.6 is 0 Å². The number of aromatic nitrogens is 1. The van der Waals surface area contributed by atoms with E-state index < -0.39 is 5.91 Å². The predicted molar refractivity (Wildman–Crippen MR) is 110 cm³/mol. The predicted octanol–water partition coefficient (Wildman–Crippen LogP) is 3.11. The van der Waals surface area contributed by atoms with Crippen molar-refractivity contribution in [3.8, 4) is 0 Å². The SMILES string of the molecule is CC1(N)CCN(c2cccc3c2cc(C(N)=O)n3Cc2ccccc2)CC1. The standard InChI is InChI=1S/C22H26N4O/c1-22(24)10-12-25(13-11-22)18-8-5-9-19-17(18)14-20(21(23)27)26(19)15-16-6-3-2-4-7-16/h2-9,14H,10-13,15,24H2,1H3,(H2,23,27). The van der Waals surface area contributed by atoms with Crippen molar-refractivity contribution < 1.29 is 4.79 Å². The number of rotatable bonds is 4. The van der Waals surface area contributed by atoms with E-state index in [1.54, 1.807) is 0 Å². The normalized spacial score (nSPS) is 16.6. The highest BCUT2D eigenvalue weighted by Crippen LogP contribution is 2.33. The Morgan fingerprint density at radius 3 is 2.44 bits per heavy atom. The van der Waals surface area contributed by atoms with Gasteiger partial charge < -0.3 is 20.9 Å². The summed E-state index contributed by atoms with van der Waals surface area (Å²) in [6.45, 7) is 4.57. The smallest absolute Gasteiger partial charge is 0.265 e. The van der Waals surface area contributed by atoms with Crippen LogP contribution in [0, 0.1) is 0 Å². The molecule has 0 spiro atoms. The van der Waals surface area contributed by atoms with Gasteiger partial charge in [-0.15, -0.1) is 0 Å². The number of hydrogen-bond donors (Lipinski definition) is 2. The van der Waals surface area contributed by atoms with E-state index in [9.17, 15) is 4.79 Å². The topological polar surface area (TPSA) is 77.3 Å². The summed E-state index contributed by atoms with van der Waals surface area (Å²) in [6, 6.07) is 18.3. The van der Waals surface area contributed by atoms with E-state index in [4.69, 9.17) is 11.5 Å². The maximum Gasteiger partial charge on any atom is 0.265 e. The second kappa shape index (κ2) is 6.74. The van der Waals surface area contributed by atoms with Crippen LogP contribution in [0.3, 0.4) is 0 Å². The van der Waals surface area contributed by atoms with Crippen molar-refractivity contribution in [1.82, 2.24) is 4.57 Å². The Morgan fingerprint density at radius 2 is 1.78 bits per heavy atom. The van der Waals surface area contributed by atoms with Gasteiger partial charge in [0.2, 0.25) is 0 Å². The molecule has 1 aromatic heterocycles. The Kier molecular flexibility index (Phi) is 4.40. The van der Waals surface area contributed by atoms with Crippen molar-refractivity contribution in [1.29, 1.82) is 0 Å². The van der Waals surface area contributed by atoms with Crippen molar-refractivity contribution in [2.24, 2.45) is 11.5 Å². The third kappa shape index (κ3) is 3.43. The number of primary amides is 1. The summed E-state index contributed by atoms with van der Waals surface area (Å²) in [5, 5.41) is 1.07. The van der Waals surface area contributed by atoms with Gasteiger partial charge in [-0.2, -0.15) is 0 Å². The molecule has 0 saturated carbocycles. The molecule has 4 rings (SSSR count). The average molecular weight is 362 g/mol. The first-order chi connectivity index (χ1) is 12.9. The molecule has 5 heteroatoms. The molecule has 1 amide bonds. The van der Waals surface area contributed by atoms with Crippen molar-refractivity contribution in [3.63, 3.8) is 0 Å². The Bertz CT molecular complexity index is 965. The Balaban J connectivity index is 1.78. The number of piperidine rings is 1. The van der Waals surface area contributed by atoms with Gasteiger partial charge >= 0.3 is 0 Å². The molecule has 1 aliphatic heterocycles. The number of hydrogen-bond acceptors (Lipinski definition) is 3. The van der Waals surface area contributed by atoms with Crippen molar-refractivity contribution >= 4 is 22.5 Å². The first-order valence-corrected chi connectivity index (χ1v) is 9.44. The highest BCUT2D eigenvalue weighted by Gasteiger charge is 2.27. The van der Waals surface area contributed by atoms with Gasteiger partial charge in [-0.3, -0.25) is 4.79 Å². The Morgan fingerprint density at radius 1 is 1.07 bits per heavy atom. The highest BCUT2D eigenvalue weighted by molar-refractivity contribution is 6.02. The first-order valence-electron chi connectivity index (χ1n) is 9.44. The van der Waals surface area contributed by atoms with Crippen LogP contribution in [0.2, 0.25) is 0 Å². The van der Waals surface area contributed by atoms with E-state index >= 15 is 0 Å². The minimum absolute atomic E-state index is 0.0952. The lowest BCUT2D eigenvalue weighted by Crippen LogP contribution is -2.48. The van der Waals surface area contributed by atoms with E-state index in [1.165, 1.54) is 0 Å². The van der Waals surface area contributed by atoms with Crippen molar-refractivity contribution in [3.05, 3.63) is 65.9 Å². The van der Waals surface area contributed by atoms with Gasteiger partial charge in [0.05, 0.1) is 5.52 Å². The molecule has 140 valence electrons. The molecular weight excluding hydrogens is 336 g/mol. The molecule has 0 atom stereocenters. The number of nitrogens with zero attached hydrogens (tertiary/aromatic N) is 2. The van der Waals surface area contributed by atoms with Crippen LogP contribution in [0.4, 0.5) is 5.69 Å². The molecule has 0 bridgehead atoms. The van der Waals surface area contributed by atoms with E-state index in [-0.39, 0.29) is 5.54 Å². The van der Waals surface area contributed by atoms with Gasteiger partial charge in [0.25, 0.3) is 5.91 Å². The largest absolute Gasteiger partial charge is 0.371 e. The van der Waals surface area contributed by atoms with Crippen LogP contribution in [-0.4, -0.2) is 29.1 Å². The third-order valence-corrected chi connectivity index (χ3v) is 5.61. The number of anilines is 1. The summed E-state index contributed by atoms with van der Waals surface area (Å²) in [6.07, 6.45) is 1.91. The molecule has 1 fully saturated rings. The van der Waals surface area contributed by atoms with Crippen LogP contribution in [0.15, 0.2) is 54.6 Å². The van der Waals surface area contributed by atoms with Crippen LogP contribution in [0.5, 0.6) is 0 Å². The van der Waals surface area contributed by atoms with Gasteiger partial charge in [0.1, 0.15) is 5.69 Å². The molecule has 27 heavy (non-hydrogen) atoms. The zero-order chi connectivity index (χ0) is 19.0. The molecule has 1 aliphatic rings. The van der Waals surface area contributed by atoms with Crippen LogP contribution in [0.1, 0.15) is 35.8 Å². The summed E-state index contributed by atoms with van der Waals surface area (Å²) in [5.74, 6) is -0.402. The maximum atomic E-state index is 12.1. The number of benzene rings is 2. The summed E-state index contributed by atoms with van der Waals surface area (Å²) >= 11 is 0. The second-order valence-corrected chi connectivity index (χ2v) is 7.82. The minimum Gasteiger partial charge on any atom is -0.371 e. The monoisotopic (exact) mass is 362 g/mol. The summed E-state index contributed by atoms with van der Waals surface area (Å²) in [7, 11) is 0. The molecule has 0 radical (unpaired) electrons. The first kappa shape index (κ1) is 17.6. The Hall–Kier alpha value is -2.79. The molecule has 4 N–H and O–H groups in total. The van der Waals surface area contributed by atoms with Gasteiger partial charge in [-0.1, -0.05) is 36.4 Å². The summed E-state index contributed by atoms with van der Waals surface area (Å²) in [5.41, 5.74) is 15.8. The fourth-order valence-electron chi connectivity index (χ4n) is 3.94. The van der Waals surface area contributed by atoms with Gasteiger partial charge in [0, 0.05) is 36.2 Å². The van der Waals surface area contributed by atoms with Gasteiger partial charge in [0.15, 0.2) is 0 Å². The molecule has 2 aromatic carbocycles. The molecule has 3 aromatic rings. The molecule has 0 unspecified atom stereocenters. The lowest BCUT2D eigenvalue weighted by atomic mass is 9.90. The highest BCUT2D eigenvalue weighted by atomic mass is 16.1. The lowest BCUT2D eigenvalue weighted by Gasteiger charge is -2.38. The zero-order valence-corrected chi connectivity index (χ0v) is 15.7. The minimum atomic E-state index is -0.402. The number of carbonyl (C=O) groups is 1. The van der Waals surface area contributed by atoms with Gasteiger partial charge in [-0.25, -0.2) is 0 Å². The van der Waals surface area contributed by atoms with Crippen molar-refractivity contribution in [2.45, 2.75) is 31.8 Å². The maximum absolute atomic E-state index is 12.1. The molecule has 2 heterocycles. The van der Waals surface area contributed by atoms with E-state index in [2.05, 4.69) is 42.2 Å². The van der Waals surface area contributed by atoms with Crippen molar-refractivity contribution in [2.75, 3.05) is 18.0 Å². The summed E-state index contributed by atoms with van der Waals surface area (Å²) in [4.78, 5) is 14.5. The van der Waals surface area contributed by atoms with Gasteiger partial charge in [-0.05, 0) is 43.5 Å². The number of nitrogens with two attached hydrogens (primary N) is 2. The van der Waals surface area contributed by atoms with Crippen LogP contribution < -0.4 is 16.4 Å². The quantitative estimate of drug-likeness (QED) is 0.749. The van der Waals surface area contributed by atoms with Crippen LogP contribution in [-0.2, 0) is 6.54 Å². The zero-order valence-electron chi connectivity index (χ0n) is 15.7. The fourth-order valence-corrected chi connectivity index (χ4v) is 3.94. The van der Waals surface area contributed by atoms with Crippen LogP contribution in [0.25, 0.3) is 10.9 Å². The van der Waals surface area contributed by atoms with E-state index in [1.807, 2.05) is 28.8 Å².